The number of methoxy groups -OCH3 is 1. The molecule has 2 aromatic carbocycles. The van der Waals surface area contributed by atoms with Crippen LogP contribution in [0.3, 0.4) is 0 Å². The fourth-order valence-corrected chi connectivity index (χ4v) is 1.99. The first-order valence-corrected chi connectivity index (χ1v) is 6.81. The van der Waals surface area contributed by atoms with Gasteiger partial charge in [0, 0.05) is 0 Å². The van der Waals surface area contributed by atoms with Gasteiger partial charge >= 0.3 is 0 Å². The first-order valence-electron chi connectivity index (χ1n) is 6.81. The molecule has 0 spiro atoms. The molecule has 4 heteroatoms. The van der Waals surface area contributed by atoms with Crippen LogP contribution in [0.25, 0.3) is 0 Å². The maximum atomic E-state index is 5.83. The minimum atomic E-state index is 0. The first kappa shape index (κ1) is 17.3. The van der Waals surface area contributed by atoms with Crippen molar-refractivity contribution in [3.8, 4) is 11.5 Å². The van der Waals surface area contributed by atoms with Gasteiger partial charge < -0.3 is 14.8 Å². The lowest BCUT2D eigenvalue weighted by Gasteiger charge is -2.12. The third-order valence-corrected chi connectivity index (χ3v) is 3.13. The molecule has 0 aromatic heterocycles. The summed E-state index contributed by atoms with van der Waals surface area (Å²) in [4.78, 5) is 0. The largest absolute Gasteiger partial charge is 0.493 e. The van der Waals surface area contributed by atoms with Gasteiger partial charge in [-0.3, -0.25) is 0 Å². The van der Waals surface area contributed by atoms with Crippen molar-refractivity contribution >= 4 is 12.4 Å². The van der Waals surface area contributed by atoms with Gasteiger partial charge in [0.1, 0.15) is 6.61 Å². The number of rotatable bonds is 7. The monoisotopic (exact) mass is 307 g/mol. The Hall–Kier alpha value is -1.71. The molecule has 1 N–H and O–H groups in total. The van der Waals surface area contributed by atoms with E-state index in [1.54, 1.807) is 7.11 Å². The van der Waals surface area contributed by atoms with Gasteiger partial charge in [0.2, 0.25) is 0 Å². The highest BCUT2D eigenvalue weighted by Gasteiger charge is 2.06. The summed E-state index contributed by atoms with van der Waals surface area (Å²) in [6.07, 6.45) is 0.978. The summed E-state index contributed by atoms with van der Waals surface area (Å²) in [5.74, 6) is 1.57. The lowest BCUT2D eigenvalue weighted by molar-refractivity contribution is 0.284. The quantitative estimate of drug-likeness (QED) is 0.850. The van der Waals surface area contributed by atoms with Crippen LogP contribution in [0.15, 0.2) is 48.5 Å². The van der Waals surface area contributed by atoms with E-state index in [0.717, 1.165) is 30.0 Å². The highest BCUT2D eigenvalue weighted by atomic mass is 35.5. The molecule has 0 amide bonds. The number of ether oxygens (including phenoxy) is 2. The number of halogens is 1. The standard InChI is InChI=1S/C17H21NO2.ClH/c1-18-11-10-14-8-9-16(17(12-14)19-2)20-13-15-6-4-3-5-7-15;/h3-9,12,18H,10-11,13H2,1-2H3;1H. The Kier molecular flexibility index (Phi) is 7.65. The van der Waals surface area contributed by atoms with E-state index >= 15 is 0 Å². The number of benzene rings is 2. The maximum Gasteiger partial charge on any atom is 0.161 e. The molecule has 21 heavy (non-hydrogen) atoms. The van der Waals surface area contributed by atoms with Crippen molar-refractivity contribution in [2.45, 2.75) is 13.0 Å². The van der Waals surface area contributed by atoms with Crippen molar-refractivity contribution in [2.24, 2.45) is 0 Å². The van der Waals surface area contributed by atoms with Gasteiger partial charge in [-0.25, -0.2) is 0 Å². The number of likely N-dealkylation sites (N-methyl/N-ethyl adjacent to an activating group) is 1. The zero-order chi connectivity index (χ0) is 14.2. The zero-order valence-corrected chi connectivity index (χ0v) is 13.3. The van der Waals surface area contributed by atoms with Gasteiger partial charge in [-0.05, 0) is 43.3 Å². The Morgan fingerprint density at radius 1 is 0.952 bits per heavy atom. The van der Waals surface area contributed by atoms with Crippen molar-refractivity contribution in [3.05, 3.63) is 59.7 Å². The molecular formula is C17H22ClNO2. The van der Waals surface area contributed by atoms with Crippen LogP contribution in [0.2, 0.25) is 0 Å². The topological polar surface area (TPSA) is 30.5 Å². The van der Waals surface area contributed by atoms with E-state index in [0.29, 0.717) is 6.61 Å². The minimum absolute atomic E-state index is 0. The zero-order valence-electron chi connectivity index (χ0n) is 12.5. The van der Waals surface area contributed by atoms with Gasteiger partial charge in [0.05, 0.1) is 7.11 Å². The fraction of sp³-hybridized carbons (Fsp3) is 0.294. The molecule has 0 bridgehead atoms. The Bertz CT molecular complexity index is 532. The molecule has 2 rings (SSSR count). The molecule has 0 saturated carbocycles. The second-order valence-corrected chi connectivity index (χ2v) is 4.61. The van der Waals surface area contributed by atoms with Crippen LogP contribution in [0.1, 0.15) is 11.1 Å². The van der Waals surface area contributed by atoms with Crippen LogP contribution in [0, 0.1) is 0 Å². The molecular weight excluding hydrogens is 286 g/mol. The predicted octanol–water partition coefficient (Wildman–Crippen LogP) is 3.46. The Morgan fingerprint density at radius 3 is 2.38 bits per heavy atom. The van der Waals surface area contributed by atoms with Crippen LogP contribution in [0.4, 0.5) is 0 Å². The minimum Gasteiger partial charge on any atom is -0.493 e. The third-order valence-electron chi connectivity index (χ3n) is 3.13. The summed E-state index contributed by atoms with van der Waals surface area (Å²) in [7, 11) is 3.63. The summed E-state index contributed by atoms with van der Waals surface area (Å²) >= 11 is 0. The molecule has 0 fully saturated rings. The van der Waals surface area contributed by atoms with E-state index in [9.17, 15) is 0 Å². The maximum absolute atomic E-state index is 5.83. The third kappa shape index (κ3) is 5.29. The molecule has 0 unspecified atom stereocenters. The summed E-state index contributed by atoms with van der Waals surface area (Å²) in [6, 6.07) is 16.2. The van der Waals surface area contributed by atoms with Crippen molar-refractivity contribution in [3.63, 3.8) is 0 Å². The average molecular weight is 308 g/mol. The van der Waals surface area contributed by atoms with E-state index < -0.39 is 0 Å². The summed E-state index contributed by atoms with van der Waals surface area (Å²) in [5, 5.41) is 3.14. The van der Waals surface area contributed by atoms with Crippen LogP contribution in [-0.2, 0) is 13.0 Å². The molecule has 0 radical (unpaired) electrons. The van der Waals surface area contributed by atoms with E-state index in [4.69, 9.17) is 9.47 Å². The van der Waals surface area contributed by atoms with Gasteiger partial charge in [-0.2, -0.15) is 0 Å². The summed E-state index contributed by atoms with van der Waals surface area (Å²) < 4.78 is 11.2. The van der Waals surface area contributed by atoms with E-state index in [1.807, 2.05) is 49.5 Å². The molecule has 3 nitrogen and oxygen atoms in total. The van der Waals surface area contributed by atoms with Crippen molar-refractivity contribution in [2.75, 3.05) is 20.7 Å². The molecule has 0 aliphatic carbocycles. The summed E-state index contributed by atoms with van der Waals surface area (Å²) in [5.41, 5.74) is 2.39. The van der Waals surface area contributed by atoms with Gasteiger partial charge in [0.15, 0.2) is 11.5 Å². The molecule has 0 aliphatic heterocycles. The van der Waals surface area contributed by atoms with Crippen LogP contribution in [0.5, 0.6) is 11.5 Å². The Labute approximate surface area is 132 Å². The van der Waals surface area contributed by atoms with Crippen molar-refractivity contribution < 1.29 is 9.47 Å². The summed E-state index contributed by atoms with van der Waals surface area (Å²) in [6.45, 7) is 1.50. The first-order chi connectivity index (χ1) is 9.83. The smallest absolute Gasteiger partial charge is 0.161 e. The van der Waals surface area contributed by atoms with E-state index in [1.165, 1.54) is 5.56 Å². The molecule has 114 valence electrons. The van der Waals surface area contributed by atoms with E-state index in [2.05, 4.69) is 11.4 Å². The molecule has 2 aromatic rings. The van der Waals surface area contributed by atoms with Crippen molar-refractivity contribution in [1.82, 2.24) is 5.32 Å². The molecule has 0 atom stereocenters. The lowest BCUT2D eigenvalue weighted by Crippen LogP contribution is -2.10. The second-order valence-electron chi connectivity index (χ2n) is 4.61. The lowest BCUT2D eigenvalue weighted by atomic mass is 10.1. The van der Waals surface area contributed by atoms with Crippen LogP contribution >= 0.6 is 12.4 Å². The molecule has 0 saturated heterocycles. The van der Waals surface area contributed by atoms with Crippen LogP contribution < -0.4 is 14.8 Å². The second kappa shape index (κ2) is 9.27. The van der Waals surface area contributed by atoms with Crippen molar-refractivity contribution in [1.29, 1.82) is 0 Å². The molecule has 0 heterocycles. The number of hydrogen-bond donors (Lipinski definition) is 1. The average Bonchev–Trinajstić information content (AvgIpc) is 2.52. The fourth-order valence-electron chi connectivity index (χ4n) is 1.99. The Balaban J connectivity index is 0.00000220. The van der Waals surface area contributed by atoms with Crippen LogP contribution in [-0.4, -0.2) is 20.7 Å². The highest BCUT2D eigenvalue weighted by molar-refractivity contribution is 5.85. The van der Waals surface area contributed by atoms with Gasteiger partial charge in [-0.1, -0.05) is 36.4 Å². The van der Waals surface area contributed by atoms with Gasteiger partial charge in [0.25, 0.3) is 0 Å². The Morgan fingerprint density at radius 2 is 1.71 bits per heavy atom. The van der Waals surface area contributed by atoms with Gasteiger partial charge in [-0.15, -0.1) is 12.4 Å². The van der Waals surface area contributed by atoms with E-state index in [-0.39, 0.29) is 12.4 Å². The highest BCUT2D eigenvalue weighted by Crippen LogP contribution is 2.28. The predicted molar refractivity (Wildman–Crippen MR) is 88.6 cm³/mol. The number of nitrogens with one attached hydrogen (secondary N) is 1. The number of hydrogen-bond acceptors (Lipinski definition) is 3. The SMILES string of the molecule is CNCCc1ccc(OCc2ccccc2)c(OC)c1.Cl. The molecule has 0 aliphatic rings. The normalized spacial score (nSPS) is 9.81.